The number of ether oxygens (including phenoxy) is 1. The molecular formula is C19H21BrO3. The van der Waals surface area contributed by atoms with Gasteiger partial charge in [0, 0.05) is 17.0 Å². The van der Waals surface area contributed by atoms with Crippen LogP contribution in [0.2, 0.25) is 0 Å². The Labute approximate surface area is 145 Å². The summed E-state index contributed by atoms with van der Waals surface area (Å²) in [7, 11) is 1.37. The van der Waals surface area contributed by atoms with Gasteiger partial charge in [-0.2, -0.15) is 0 Å². The van der Waals surface area contributed by atoms with Crippen LogP contribution in [0.3, 0.4) is 0 Å². The maximum absolute atomic E-state index is 11.5. The van der Waals surface area contributed by atoms with Crippen molar-refractivity contribution >= 4 is 21.9 Å². The highest BCUT2D eigenvalue weighted by molar-refractivity contribution is 9.10. The zero-order valence-corrected chi connectivity index (χ0v) is 15.0. The fourth-order valence-corrected chi connectivity index (χ4v) is 3.29. The summed E-state index contributed by atoms with van der Waals surface area (Å²) in [5.74, 6) is -0.228. The summed E-state index contributed by atoms with van der Waals surface area (Å²) in [6.07, 6.45) is 1.67. The van der Waals surface area contributed by atoms with E-state index in [1.54, 1.807) is 12.1 Å². The Hall–Kier alpha value is -1.65. The maximum Gasteiger partial charge on any atom is 0.337 e. The Morgan fingerprint density at radius 3 is 2.61 bits per heavy atom. The number of aliphatic hydroxyl groups excluding tert-OH is 1. The van der Waals surface area contributed by atoms with Crippen molar-refractivity contribution in [1.82, 2.24) is 0 Å². The molecule has 3 nitrogen and oxygen atoms in total. The molecule has 1 atom stereocenters. The molecule has 0 aliphatic rings. The van der Waals surface area contributed by atoms with Gasteiger partial charge in [0.1, 0.15) is 0 Å². The lowest BCUT2D eigenvalue weighted by molar-refractivity contribution is 0.0600. The third-order valence-corrected chi connectivity index (χ3v) is 4.82. The average Bonchev–Trinajstić information content (AvgIpc) is 2.57. The summed E-state index contributed by atoms with van der Waals surface area (Å²) in [5, 5.41) is 9.73. The zero-order valence-electron chi connectivity index (χ0n) is 13.4. The monoisotopic (exact) mass is 376 g/mol. The summed E-state index contributed by atoms with van der Waals surface area (Å²) in [4.78, 5) is 11.5. The summed E-state index contributed by atoms with van der Waals surface area (Å²) >= 11 is 3.52. The number of methoxy groups -OCH3 is 1. The maximum atomic E-state index is 11.5. The highest BCUT2D eigenvalue weighted by Gasteiger charge is 2.14. The van der Waals surface area contributed by atoms with Crippen molar-refractivity contribution < 1.29 is 14.6 Å². The van der Waals surface area contributed by atoms with Crippen molar-refractivity contribution in [2.24, 2.45) is 0 Å². The normalized spacial score (nSPS) is 12.0. The van der Waals surface area contributed by atoms with E-state index < -0.39 is 0 Å². The van der Waals surface area contributed by atoms with E-state index >= 15 is 0 Å². The Kier molecular flexibility index (Phi) is 6.37. The van der Waals surface area contributed by atoms with Gasteiger partial charge in [-0.15, -0.1) is 0 Å². The summed E-state index contributed by atoms with van der Waals surface area (Å²) in [5.41, 5.74) is 4.04. The molecule has 0 saturated carbocycles. The minimum atomic E-state index is -0.342. The van der Waals surface area contributed by atoms with Crippen molar-refractivity contribution in [2.45, 2.75) is 25.7 Å². The van der Waals surface area contributed by atoms with Crippen LogP contribution in [-0.4, -0.2) is 24.8 Å². The number of aryl methyl sites for hydroxylation is 2. The van der Waals surface area contributed by atoms with Crippen LogP contribution < -0.4 is 0 Å². The molecule has 0 aromatic heterocycles. The van der Waals surface area contributed by atoms with Crippen LogP contribution >= 0.6 is 15.9 Å². The lowest BCUT2D eigenvalue weighted by Crippen LogP contribution is -2.08. The average molecular weight is 377 g/mol. The quantitative estimate of drug-likeness (QED) is 0.766. The van der Waals surface area contributed by atoms with Gasteiger partial charge in [0.2, 0.25) is 0 Å². The summed E-state index contributed by atoms with van der Waals surface area (Å²) in [6.45, 7) is 2.20. The fraction of sp³-hybridized carbons (Fsp3) is 0.316. The van der Waals surface area contributed by atoms with Crippen LogP contribution in [0, 0.1) is 6.92 Å². The van der Waals surface area contributed by atoms with Gasteiger partial charge < -0.3 is 9.84 Å². The number of aliphatic hydroxyl groups is 1. The first-order valence-corrected chi connectivity index (χ1v) is 8.39. The number of carbonyl (C=O) groups excluding carboxylic acids is 1. The Bertz CT molecular complexity index is 682. The molecule has 2 aromatic carbocycles. The molecule has 0 amide bonds. The molecule has 4 heteroatoms. The van der Waals surface area contributed by atoms with Crippen LogP contribution in [0.25, 0.3) is 0 Å². The van der Waals surface area contributed by atoms with Gasteiger partial charge in [0.05, 0.1) is 12.7 Å². The SMILES string of the molecule is COC(=O)c1ccc(CC[C@H](CO)c2ccccc2C)c(Br)c1. The van der Waals surface area contributed by atoms with E-state index in [1.807, 2.05) is 18.2 Å². The number of esters is 1. The molecule has 23 heavy (non-hydrogen) atoms. The van der Waals surface area contributed by atoms with Crippen molar-refractivity contribution in [3.05, 3.63) is 69.2 Å². The molecule has 0 aliphatic carbocycles. The molecule has 0 radical (unpaired) electrons. The van der Waals surface area contributed by atoms with E-state index in [0.717, 1.165) is 22.9 Å². The van der Waals surface area contributed by atoms with E-state index in [-0.39, 0.29) is 18.5 Å². The molecule has 0 unspecified atom stereocenters. The molecule has 1 N–H and O–H groups in total. The van der Waals surface area contributed by atoms with Gasteiger partial charge >= 0.3 is 5.97 Å². The Balaban J connectivity index is 2.10. The molecule has 0 bridgehead atoms. The molecule has 0 saturated heterocycles. The third-order valence-electron chi connectivity index (χ3n) is 4.08. The first-order chi connectivity index (χ1) is 11.1. The van der Waals surface area contributed by atoms with Crippen LogP contribution in [0.5, 0.6) is 0 Å². The molecule has 2 aromatic rings. The molecule has 2 rings (SSSR count). The van der Waals surface area contributed by atoms with E-state index in [0.29, 0.717) is 5.56 Å². The van der Waals surface area contributed by atoms with Crippen LogP contribution in [0.1, 0.15) is 39.4 Å². The second-order valence-electron chi connectivity index (χ2n) is 5.57. The highest BCUT2D eigenvalue weighted by atomic mass is 79.9. The molecule has 0 aliphatic heterocycles. The number of rotatable bonds is 6. The first-order valence-electron chi connectivity index (χ1n) is 7.60. The van der Waals surface area contributed by atoms with Crippen molar-refractivity contribution in [3.8, 4) is 0 Å². The van der Waals surface area contributed by atoms with Crippen molar-refractivity contribution in [2.75, 3.05) is 13.7 Å². The minimum Gasteiger partial charge on any atom is -0.465 e. The summed E-state index contributed by atoms with van der Waals surface area (Å²) in [6, 6.07) is 13.6. The zero-order chi connectivity index (χ0) is 16.8. The summed E-state index contributed by atoms with van der Waals surface area (Å²) < 4.78 is 5.62. The fourth-order valence-electron chi connectivity index (χ4n) is 2.71. The predicted molar refractivity (Wildman–Crippen MR) is 94.8 cm³/mol. The van der Waals surface area contributed by atoms with Crippen LogP contribution in [0.15, 0.2) is 46.9 Å². The molecule has 0 fully saturated rings. The number of halogens is 1. The van der Waals surface area contributed by atoms with Gasteiger partial charge in [0.25, 0.3) is 0 Å². The Morgan fingerprint density at radius 1 is 1.26 bits per heavy atom. The topological polar surface area (TPSA) is 46.5 Å². The highest BCUT2D eigenvalue weighted by Crippen LogP contribution is 2.27. The number of hydrogen-bond acceptors (Lipinski definition) is 3. The lowest BCUT2D eigenvalue weighted by Gasteiger charge is -2.17. The van der Waals surface area contributed by atoms with Crippen molar-refractivity contribution in [1.29, 1.82) is 0 Å². The Morgan fingerprint density at radius 2 is 2.00 bits per heavy atom. The van der Waals surface area contributed by atoms with E-state index in [4.69, 9.17) is 4.74 Å². The van der Waals surface area contributed by atoms with Gasteiger partial charge in [0.15, 0.2) is 0 Å². The number of benzene rings is 2. The smallest absolute Gasteiger partial charge is 0.337 e. The standard InChI is InChI=1S/C19H21BrO3/c1-13-5-3-4-6-17(13)16(12-21)10-8-14-7-9-15(11-18(14)20)19(22)23-2/h3-7,9,11,16,21H,8,10,12H2,1-2H3/t16-/m1/s1. The van der Waals surface area contributed by atoms with Gasteiger partial charge in [-0.05, 0) is 48.6 Å². The second-order valence-corrected chi connectivity index (χ2v) is 6.43. The van der Waals surface area contributed by atoms with Gasteiger partial charge in [-0.25, -0.2) is 4.79 Å². The molecular weight excluding hydrogens is 356 g/mol. The van der Waals surface area contributed by atoms with Crippen LogP contribution in [0.4, 0.5) is 0 Å². The second kappa shape index (κ2) is 8.27. The van der Waals surface area contributed by atoms with E-state index in [2.05, 4.69) is 35.0 Å². The number of hydrogen-bond donors (Lipinski definition) is 1. The van der Waals surface area contributed by atoms with E-state index in [1.165, 1.54) is 18.2 Å². The van der Waals surface area contributed by atoms with Crippen molar-refractivity contribution in [3.63, 3.8) is 0 Å². The van der Waals surface area contributed by atoms with Gasteiger partial charge in [-0.1, -0.05) is 46.3 Å². The predicted octanol–water partition coefficient (Wildman–Crippen LogP) is 4.25. The lowest BCUT2D eigenvalue weighted by atomic mass is 9.90. The third kappa shape index (κ3) is 4.43. The molecule has 0 spiro atoms. The minimum absolute atomic E-state index is 0.114. The number of carbonyl (C=O) groups is 1. The van der Waals surface area contributed by atoms with Crippen LogP contribution in [-0.2, 0) is 11.2 Å². The largest absolute Gasteiger partial charge is 0.465 e. The molecule has 0 heterocycles. The van der Waals surface area contributed by atoms with E-state index in [9.17, 15) is 9.90 Å². The first kappa shape index (κ1) is 17.7. The van der Waals surface area contributed by atoms with Gasteiger partial charge in [-0.3, -0.25) is 0 Å². The molecule has 122 valence electrons.